The first-order valence-corrected chi connectivity index (χ1v) is 9.16. The van der Waals surface area contributed by atoms with Crippen LogP contribution in [-0.2, 0) is 16.0 Å². The van der Waals surface area contributed by atoms with Crippen molar-refractivity contribution in [1.29, 1.82) is 0 Å². The predicted molar refractivity (Wildman–Crippen MR) is 98.5 cm³/mol. The molecule has 1 aromatic carbocycles. The SMILES string of the molecule is CC(C)CC(=O)N1CCN(C(=O)Cc2ccc(OC(C)C)cc2)CC1. The van der Waals surface area contributed by atoms with E-state index in [1.165, 1.54) is 0 Å². The van der Waals surface area contributed by atoms with Gasteiger partial charge in [0, 0.05) is 32.6 Å². The Kier molecular flexibility index (Phi) is 6.85. The fraction of sp³-hybridized carbons (Fsp3) is 0.600. The van der Waals surface area contributed by atoms with E-state index in [0.717, 1.165) is 11.3 Å². The van der Waals surface area contributed by atoms with E-state index < -0.39 is 0 Å². The van der Waals surface area contributed by atoms with E-state index in [4.69, 9.17) is 4.74 Å². The molecule has 2 amide bonds. The molecule has 0 unspecified atom stereocenters. The van der Waals surface area contributed by atoms with Gasteiger partial charge in [0.25, 0.3) is 0 Å². The summed E-state index contributed by atoms with van der Waals surface area (Å²) in [6.45, 7) is 10.6. The van der Waals surface area contributed by atoms with Gasteiger partial charge in [0.05, 0.1) is 12.5 Å². The topological polar surface area (TPSA) is 49.9 Å². The Balaban J connectivity index is 1.81. The lowest BCUT2D eigenvalue weighted by atomic mass is 10.1. The summed E-state index contributed by atoms with van der Waals surface area (Å²) < 4.78 is 5.62. The second kappa shape index (κ2) is 8.88. The first-order valence-electron chi connectivity index (χ1n) is 9.16. The van der Waals surface area contributed by atoms with E-state index in [9.17, 15) is 9.59 Å². The quantitative estimate of drug-likeness (QED) is 0.796. The maximum Gasteiger partial charge on any atom is 0.227 e. The molecular weight excluding hydrogens is 316 g/mol. The molecule has 0 saturated carbocycles. The Bertz CT molecular complexity index is 573. The van der Waals surface area contributed by atoms with Crippen molar-refractivity contribution in [2.24, 2.45) is 5.92 Å². The smallest absolute Gasteiger partial charge is 0.227 e. The normalized spacial score (nSPS) is 15.0. The molecule has 2 rings (SSSR count). The average Bonchev–Trinajstić information content (AvgIpc) is 2.55. The molecule has 1 saturated heterocycles. The Morgan fingerprint density at radius 1 is 0.920 bits per heavy atom. The molecule has 0 radical (unpaired) electrons. The fourth-order valence-electron chi connectivity index (χ4n) is 2.93. The number of nitrogens with zero attached hydrogens (tertiary/aromatic N) is 2. The van der Waals surface area contributed by atoms with Gasteiger partial charge in [-0.25, -0.2) is 0 Å². The number of hydrogen-bond donors (Lipinski definition) is 0. The van der Waals surface area contributed by atoms with Gasteiger partial charge >= 0.3 is 0 Å². The number of carbonyl (C=O) groups excluding carboxylic acids is 2. The first-order chi connectivity index (χ1) is 11.8. The van der Waals surface area contributed by atoms with Crippen LogP contribution < -0.4 is 4.74 Å². The molecular formula is C20H30N2O3. The van der Waals surface area contributed by atoms with Crippen molar-refractivity contribution in [3.63, 3.8) is 0 Å². The fourth-order valence-corrected chi connectivity index (χ4v) is 2.93. The predicted octanol–water partition coefficient (Wildman–Crippen LogP) is 2.73. The number of hydrogen-bond acceptors (Lipinski definition) is 3. The zero-order chi connectivity index (χ0) is 18.4. The molecule has 1 fully saturated rings. The van der Waals surface area contributed by atoms with E-state index in [-0.39, 0.29) is 17.9 Å². The second-order valence-electron chi connectivity index (χ2n) is 7.35. The third-order valence-corrected chi connectivity index (χ3v) is 4.22. The van der Waals surface area contributed by atoms with Gasteiger partial charge in [-0.2, -0.15) is 0 Å². The third kappa shape index (κ3) is 6.07. The first kappa shape index (κ1) is 19.3. The highest BCUT2D eigenvalue weighted by atomic mass is 16.5. The van der Waals surface area contributed by atoms with Gasteiger partial charge in [0.2, 0.25) is 11.8 Å². The Hall–Kier alpha value is -2.04. The number of amides is 2. The molecule has 5 nitrogen and oxygen atoms in total. The van der Waals surface area contributed by atoms with Gasteiger partial charge in [-0.15, -0.1) is 0 Å². The molecule has 0 aromatic heterocycles. The van der Waals surface area contributed by atoms with Gasteiger partial charge in [-0.3, -0.25) is 9.59 Å². The Morgan fingerprint density at radius 3 is 1.92 bits per heavy atom. The van der Waals surface area contributed by atoms with E-state index in [1.54, 1.807) is 0 Å². The zero-order valence-electron chi connectivity index (χ0n) is 15.8. The number of rotatable bonds is 6. The number of ether oxygens (including phenoxy) is 1. The van der Waals surface area contributed by atoms with Gasteiger partial charge in [-0.05, 0) is 37.5 Å². The van der Waals surface area contributed by atoms with Crippen molar-refractivity contribution in [3.05, 3.63) is 29.8 Å². The lowest BCUT2D eigenvalue weighted by Gasteiger charge is -2.35. The van der Waals surface area contributed by atoms with Crippen molar-refractivity contribution in [2.75, 3.05) is 26.2 Å². The lowest BCUT2D eigenvalue weighted by molar-refractivity contribution is -0.139. The maximum atomic E-state index is 12.5. The highest BCUT2D eigenvalue weighted by Crippen LogP contribution is 2.15. The molecule has 0 atom stereocenters. The minimum atomic E-state index is 0.119. The minimum Gasteiger partial charge on any atom is -0.491 e. The average molecular weight is 346 g/mol. The minimum absolute atomic E-state index is 0.119. The van der Waals surface area contributed by atoms with Gasteiger partial charge in [0.1, 0.15) is 5.75 Å². The van der Waals surface area contributed by atoms with E-state index in [2.05, 4.69) is 13.8 Å². The van der Waals surface area contributed by atoms with Crippen LogP contribution in [0.2, 0.25) is 0 Å². The Labute approximate surface area is 150 Å². The van der Waals surface area contributed by atoms with Crippen LogP contribution in [0, 0.1) is 5.92 Å². The second-order valence-corrected chi connectivity index (χ2v) is 7.35. The van der Waals surface area contributed by atoms with Crippen LogP contribution in [0.25, 0.3) is 0 Å². The molecule has 1 aliphatic rings. The van der Waals surface area contributed by atoms with Gasteiger partial charge in [-0.1, -0.05) is 26.0 Å². The molecule has 1 aliphatic heterocycles. The summed E-state index contributed by atoms with van der Waals surface area (Å²) in [6, 6.07) is 7.70. The number of carbonyl (C=O) groups is 2. The molecule has 25 heavy (non-hydrogen) atoms. The largest absolute Gasteiger partial charge is 0.491 e. The van der Waals surface area contributed by atoms with E-state index in [0.29, 0.717) is 44.9 Å². The van der Waals surface area contributed by atoms with Crippen LogP contribution in [0.15, 0.2) is 24.3 Å². The lowest BCUT2D eigenvalue weighted by Crippen LogP contribution is -2.51. The monoisotopic (exact) mass is 346 g/mol. The highest BCUT2D eigenvalue weighted by molar-refractivity contribution is 5.80. The summed E-state index contributed by atoms with van der Waals surface area (Å²) in [7, 11) is 0. The van der Waals surface area contributed by atoms with Crippen molar-refractivity contribution < 1.29 is 14.3 Å². The standard InChI is InChI=1S/C20H30N2O3/c1-15(2)13-19(23)21-9-11-22(12-10-21)20(24)14-17-5-7-18(8-6-17)25-16(3)4/h5-8,15-16H,9-14H2,1-4H3. The number of piperazine rings is 1. The molecule has 138 valence electrons. The summed E-state index contributed by atoms with van der Waals surface area (Å²) >= 11 is 0. The molecule has 0 N–H and O–H groups in total. The molecule has 0 spiro atoms. The Morgan fingerprint density at radius 2 is 1.44 bits per heavy atom. The molecule has 1 heterocycles. The van der Waals surface area contributed by atoms with Crippen LogP contribution in [0.1, 0.15) is 39.7 Å². The van der Waals surface area contributed by atoms with Crippen LogP contribution in [0.5, 0.6) is 5.75 Å². The summed E-state index contributed by atoms with van der Waals surface area (Å²) in [5, 5.41) is 0. The molecule has 5 heteroatoms. The van der Waals surface area contributed by atoms with Crippen LogP contribution in [0.3, 0.4) is 0 Å². The van der Waals surface area contributed by atoms with Gasteiger partial charge < -0.3 is 14.5 Å². The van der Waals surface area contributed by atoms with Crippen molar-refractivity contribution in [2.45, 2.75) is 46.6 Å². The zero-order valence-corrected chi connectivity index (χ0v) is 15.8. The van der Waals surface area contributed by atoms with Crippen LogP contribution in [0.4, 0.5) is 0 Å². The highest BCUT2D eigenvalue weighted by Gasteiger charge is 2.24. The third-order valence-electron chi connectivity index (χ3n) is 4.22. The van der Waals surface area contributed by atoms with Crippen molar-refractivity contribution >= 4 is 11.8 Å². The summed E-state index contributed by atoms with van der Waals surface area (Å²) in [5.74, 6) is 1.51. The van der Waals surface area contributed by atoms with E-state index >= 15 is 0 Å². The number of benzene rings is 1. The molecule has 0 bridgehead atoms. The summed E-state index contributed by atoms with van der Waals surface area (Å²) in [4.78, 5) is 28.3. The molecule has 0 aliphatic carbocycles. The van der Waals surface area contributed by atoms with Gasteiger partial charge in [0.15, 0.2) is 0 Å². The maximum absolute atomic E-state index is 12.5. The summed E-state index contributed by atoms with van der Waals surface area (Å²) in [6.07, 6.45) is 1.11. The van der Waals surface area contributed by atoms with Crippen molar-refractivity contribution in [3.8, 4) is 5.75 Å². The molecule has 1 aromatic rings. The van der Waals surface area contributed by atoms with Crippen LogP contribution in [-0.4, -0.2) is 53.9 Å². The van der Waals surface area contributed by atoms with Crippen molar-refractivity contribution in [1.82, 2.24) is 9.80 Å². The van der Waals surface area contributed by atoms with E-state index in [1.807, 2.05) is 47.9 Å². The van der Waals surface area contributed by atoms with Crippen LogP contribution >= 0.6 is 0 Å². The summed E-state index contributed by atoms with van der Waals surface area (Å²) in [5.41, 5.74) is 0.986.